The lowest BCUT2D eigenvalue weighted by Gasteiger charge is -2.30. The highest BCUT2D eigenvalue weighted by molar-refractivity contribution is 7.08. The van der Waals surface area contributed by atoms with Crippen LogP contribution in [0.5, 0.6) is 0 Å². The third kappa shape index (κ3) is 4.42. The Labute approximate surface area is 168 Å². The van der Waals surface area contributed by atoms with E-state index in [1.165, 1.54) is 12.1 Å². The molecule has 10 heteroatoms. The number of hydrogen-bond acceptors (Lipinski definition) is 5. The molecule has 0 spiro atoms. The Morgan fingerprint density at radius 3 is 2.72 bits per heavy atom. The number of piperidine rings is 1. The van der Waals surface area contributed by atoms with Crippen LogP contribution < -0.4 is 5.32 Å². The van der Waals surface area contributed by atoms with Crippen LogP contribution in [0.25, 0.3) is 11.4 Å². The maximum Gasteiger partial charge on any atom is 0.416 e. The van der Waals surface area contributed by atoms with Crippen LogP contribution in [0.1, 0.15) is 30.2 Å². The number of alkyl halides is 3. The molecule has 2 aromatic heterocycles. The summed E-state index contributed by atoms with van der Waals surface area (Å²) in [6.07, 6.45) is -3.17. The number of nitrogens with one attached hydrogen (secondary N) is 1. The molecule has 4 rings (SSSR count). The van der Waals surface area contributed by atoms with Crippen molar-refractivity contribution in [2.45, 2.75) is 24.9 Å². The van der Waals surface area contributed by atoms with E-state index in [1.54, 1.807) is 16.2 Å². The molecule has 3 heterocycles. The van der Waals surface area contributed by atoms with E-state index in [4.69, 9.17) is 4.52 Å². The van der Waals surface area contributed by atoms with Gasteiger partial charge in [-0.3, -0.25) is 0 Å². The van der Waals surface area contributed by atoms with Crippen LogP contribution in [0.15, 0.2) is 45.6 Å². The van der Waals surface area contributed by atoms with Crippen molar-refractivity contribution in [3.05, 3.63) is 52.5 Å². The molecule has 1 aliphatic rings. The number of likely N-dealkylation sites (tertiary alicyclic amines) is 1. The highest BCUT2D eigenvalue weighted by Crippen LogP contribution is 2.32. The summed E-state index contributed by atoms with van der Waals surface area (Å²) in [5, 5.41) is 10.4. The summed E-state index contributed by atoms with van der Waals surface area (Å²) in [5.74, 6) is 1.14. The largest absolute Gasteiger partial charge is 0.416 e. The highest BCUT2D eigenvalue weighted by atomic mass is 32.1. The van der Waals surface area contributed by atoms with Gasteiger partial charge in [0.1, 0.15) is 0 Å². The second-order valence-corrected chi connectivity index (χ2v) is 7.52. The van der Waals surface area contributed by atoms with Crippen molar-refractivity contribution in [1.29, 1.82) is 0 Å². The van der Waals surface area contributed by atoms with Crippen molar-refractivity contribution >= 4 is 23.1 Å². The van der Waals surface area contributed by atoms with Gasteiger partial charge in [-0.1, -0.05) is 11.2 Å². The molecule has 1 fully saturated rings. The van der Waals surface area contributed by atoms with Gasteiger partial charge in [-0.2, -0.15) is 29.5 Å². The standard InChI is InChI=1S/C19H17F3N4O2S/c20-19(21,22)14-2-1-3-15(10-14)23-18(27)26-7-4-12(5-8-26)17-24-16(25-28-17)13-6-9-29-11-13/h1-3,6,9-12H,4-5,7-8H2,(H,23,27). The molecule has 0 aliphatic carbocycles. The van der Waals surface area contributed by atoms with Gasteiger partial charge in [0.2, 0.25) is 11.7 Å². The first-order valence-corrected chi connectivity index (χ1v) is 9.94. The molecule has 1 aliphatic heterocycles. The Bertz CT molecular complexity index is 980. The van der Waals surface area contributed by atoms with Gasteiger partial charge in [-0.25, -0.2) is 4.79 Å². The summed E-state index contributed by atoms with van der Waals surface area (Å²) in [7, 11) is 0. The van der Waals surface area contributed by atoms with Crippen LogP contribution in [0.4, 0.5) is 23.7 Å². The van der Waals surface area contributed by atoms with Gasteiger partial charge in [0, 0.05) is 35.6 Å². The second-order valence-electron chi connectivity index (χ2n) is 6.74. The highest BCUT2D eigenvalue weighted by Gasteiger charge is 2.31. The summed E-state index contributed by atoms with van der Waals surface area (Å²) >= 11 is 1.55. The fourth-order valence-electron chi connectivity index (χ4n) is 3.22. The van der Waals surface area contributed by atoms with Gasteiger partial charge in [0.05, 0.1) is 5.56 Å². The Kier molecular flexibility index (Phi) is 5.27. The van der Waals surface area contributed by atoms with Crippen molar-refractivity contribution in [3.63, 3.8) is 0 Å². The average Bonchev–Trinajstić information content (AvgIpc) is 3.39. The number of nitrogens with zero attached hydrogens (tertiary/aromatic N) is 3. The fraction of sp³-hybridized carbons (Fsp3) is 0.316. The zero-order chi connectivity index (χ0) is 20.4. The van der Waals surface area contributed by atoms with E-state index in [9.17, 15) is 18.0 Å². The topological polar surface area (TPSA) is 71.3 Å². The molecule has 1 aromatic carbocycles. The molecule has 152 valence electrons. The number of benzene rings is 1. The van der Waals surface area contributed by atoms with Gasteiger partial charge in [-0.15, -0.1) is 0 Å². The molecule has 0 atom stereocenters. The van der Waals surface area contributed by atoms with Crippen molar-refractivity contribution in [1.82, 2.24) is 15.0 Å². The van der Waals surface area contributed by atoms with Crippen molar-refractivity contribution in [3.8, 4) is 11.4 Å². The molecule has 2 amide bonds. The zero-order valence-corrected chi connectivity index (χ0v) is 16.0. The monoisotopic (exact) mass is 422 g/mol. The van der Waals surface area contributed by atoms with Gasteiger partial charge < -0.3 is 14.7 Å². The van der Waals surface area contributed by atoms with E-state index in [1.807, 2.05) is 16.8 Å². The van der Waals surface area contributed by atoms with Gasteiger partial charge in [-0.05, 0) is 42.5 Å². The van der Waals surface area contributed by atoms with E-state index in [0.717, 1.165) is 17.7 Å². The Morgan fingerprint density at radius 2 is 2.03 bits per heavy atom. The molecule has 6 nitrogen and oxygen atoms in total. The average molecular weight is 422 g/mol. The van der Waals surface area contributed by atoms with Crippen LogP contribution in [-0.2, 0) is 6.18 Å². The number of carbonyl (C=O) groups is 1. The maximum atomic E-state index is 12.8. The predicted octanol–water partition coefficient (Wildman–Crippen LogP) is 5.23. The number of hydrogen-bond donors (Lipinski definition) is 1. The first-order chi connectivity index (χ1) is 13.9. The number of urea groups is 1. The minimum atomic E-state index is -4.45. The minimum absolute atomic E-state index is 0.0486. The van der Waals surface area contributed by atoms with Crippen LogP contribution in [-0.4, -0.2) is 34.2 Å². The lowest BCUT2D eigenvalue weighted by molar-refractivity contribution is -0.137. The molecule has 1 N–H and O–H groups in total. The summed E-state index contributed by atoms with van der Waals surface area (Å²) < 4.78 is 43.8. The molecular weight excluding hydrogens is 405 g/mol. The van der Waals surface area contributed by atoms with E-state index >= 15 is 0 Å². The number of rotatable bonds is 3. The molecule has 0 saturated carbocycles. The van der Waals surface area contributed by atoms with Gasteiger partial charge >= 0.3 is 12.2 Å². The Balaban J connectivity index is 1.34. The number of anilines is 1. The first kappa shape index (κ1) is 19.4. The van der Waals surface area contributed by atoms with E-state index in [2.05, 4.69) is 15.5 Å². The first-order valence-electron chi connectivity index (χ1n) is 8.99. The number of thiophene rings is 1. The second kappa shape index (κ2) is 7.86. The summed E-state index contributed by atoms with van der Waals surface area (Å²) in [6.45, 7) is 0.900. The van der Waals surface area contributed by atoms with E-state index < -0.39 is 17.8 Å². The number of aromatic nitrogens is 2. The van der Waals surface area contributed by atoms with Crippen LogP contribution in [0.2, 0.25) is 0 Å². The van der Waals surface area contributed by atoms with Crippen LogP contribution in [0.3, 0.4) is 0 Å². The molecule has 1 saturated heterocycles. The molecule has 3 aromatic rings. The quantitative estimate of drug-likeness (QED) is 0.628. The van der Waals surface area contributed by atoms with E-state index in [-0.39, 0.29) is 11.6 Å². The third-order valence-electron chi connectivity index (χ3n) is 4.79. The summed E-state index contributed by atoms with van der Waals surface area (Å²) in [4.78, 5) is 18.4. The smallest absolute Gasteiger partial charge is 0.339 e. The van der Waals surface area contributed by atoms with Gasteiger partial charge in [0.25, 0.3) is 0 Å². The Hall–Kier alpha value is -2.88. The Morgan fingerprint density at radius 1 is 1.24 bits per heavy atom. The molecule has 0 radical (unpaired) electrons. The predicted molar refractivity (Wildman–Crippen MR) is 102 cm³/mol. The van der Waals surface area contributed by atoms with Crippen molar-refractivity contribution in [2.24, 2.45) is 0 Å². The fourth-order valence-corrected chi connectivity index (χ4v) is 3.85. The molecule has 0 unspecified atom stereocenters. The third-order valence-corrected chi connectivity index (χ3v) is 5.48. The number of halogens is 3. The molecular formula is C19H17F3N4O2S. The number of amides is 2. The van der Waals surface area contributed by atoms with Gasteiger partial charge in [0.15, 0.2) is 0 Å². The molecule has 0 bridgehead atoms. The molecule has 29 heavy (non-hydrogen) atoms. The van der Waals surface area contributed by atoms with E-state index in [0.29, 0.717) is 37.6 Å². The minimum Gasteiger partial charge on any atom is -0.339 e. The zero-order valence-electron chi connectivity index (χ0n) is 15.1. The number of carbonyl (C=O) groups excluding carboxylic acids is 1. The maximum absolute atomic E-state index is 12.8. The summed E-state index contributed by atoms with van der Waals surface area (Å²) in [5.41, 5.74) is 0.221. The summed E-state index contributed by atoms with van der Waals surface area (Å²) in [6, 6.07) is 6.09. The lowest BCUT2D eigenvalue weighted by atomic mass is 9.97. The van der Waals surface area contributed by atoms with Crippen molar-refractivity contribution < 1.29 is 22.5 Å². The lowest BCUT2D eigenvalue weighted by Crippen LogP contribution is -2.40. The van der Waals surface area contributed by atoms with Crippen LogP contribution >= 0.6 is 11.3 Å². The normalized spacial score (nSPS) is 15.5. The van der Waals surface area contributed by atoms with Crippen LogP contribution in [0, 0.1) is 0 Å². The van der Waals surface area contributed by atoms with Crippen molar-refractivity contribution in [2.75, 3.05) is 18.4 Å². The SMILES string of the molecule is O=C(Nc1cccc(C(F)(F)F)c1)N1CCC(c2nc(-c3ccsc3)no2)CC1.